The Hall–Kier alpha value is -0.330. The molecule has 0 fully saturated rings. The molecule has 4 atom stereocenters. The maximum Gasteiger partial charge on any atom is 0.123 e. The van der Waals surface area contributed by atoms with Gasteiger partial charge in [0, 0.05) is 5.92 Å². The van der Waals surface area contributed by atoms with E-state index in [4.69, 9.17) is 0 Å². The molecule has 0 rings (SSSR count). The zero-order chi connectivity index (χ0) is 9.72. The highest BCUT2D eigenvalue weighted by atomic mass is 16.1. The quantitative estimate of drug-likeness (QED) is 0.579. The zero-order valence-corrected chi connectivity index (χ0v) is 9.00. The normalized spacial score (nSPS) is 21.1. The van der Waals surface area contributed by atoms with E-state index in [2.05, 4.69) is 27.7 Å². The Morgan fingerprint density at radius 3 is 1.92 bits per heavy atom. The molecule has 0 aliphatic heterocycles. The van der Waals surface area contributed by atoms with Crippen LogP contribution in [-0.4, -0.2) is 6.29 Å². The van der Waals surface area contributed by atoms with Gasteiger partial charge in [0.1, 0.15) is 6.29 Å². The smallest absolute Gasteiger partial charge is 0.123 e. The van der Waals surface area contributed by atoms with Crippen molar-refractivity contribution in [1.82, 2.24) is 0 Å². The summed E-state index contributed by atoms with van der Waals surface area (Å²) in [5, 5.41) is 0. The lowest BCUT2D eigenvalue weighted by Crippen LogP contribution is -2.22. The van der Waals surface area contributed by atoms with E-state index in [9.17, 15) is 4.79 Å². The summed E-state index contributed by atoms with van der Waals surface area (Å²) >= 11 is 0. The number of carbonyl (C=O) groups excluding carboxylic acids is 1. The van der Waals surface area contributed by atoms with Gasteiger partial charge in [-0.3, -0.25) is 0 Å². The van der Waals surface area contributed by atoms with Crippen LogP contribution in [0, 0.1) is 23.7 Å². The molecular formula is C11H22O. The summed E-state index contributed by atoms with van der Waals surface area (Å²) in [5.41, 5.74) is 0. The van der Waals surface area contributed by atoms with Crippen molar-refractivity contribution in [3.8, 4) is 0 Å². The largest absolute Gasteiger partial charge is 0.303 e. The summed E-state index contributed by atoms with van der Waals surface area (Å²) in [4.78, 5) is 10.6. The van der Waals surface area contributed by atoms with Crippen molar-refractivity contribution in [3.05, 3.63) is 0 Å². The molecule has 0 spiro atoms. The van der Waals surface area contributed by atoms with E-state index >= 15 is 0 Å². The van der Waals surface area contributed by atoms with Gasteiger partial charge in [0.05, 0.1) is 0 Å². The molecule has 0 amide bonds. The van der Waals surface area contributed by atoms with Gasteiger partial charge in [-0.15, -0.1) is 0 Å². The second-order valence-corrected chi connectivity index (χ2v) is 4.10. The molecular weight excluding hydrogens is 148 g/mol. The maximum absolute atomic E-state index is 10.6. The fourth-order valence-corrected chi connectivity index (χ4v) is 1.49. The van der Waals surface area contributed by atoms with Crippen LogP contribution in [0.5, 0.6) is 0 Å². The molecule has 0 aromatic rings. The zero-order valence-electron chi connectivity index (χ0n) is 9.00. The molecule has 0 radical (unpaired) electrons. The van der Waals surface area contributed by atoms with Crippen LogP contribution >= 0.6 is 0 Å². The molecule has 0 aliphatic rings. The van der Waals surface area contributed by atoms with Gasteiger partial charge < -0.3 is 4.79 Å². The molecule has 0 aromatic carbocycles. The highest BCUT2D eigenvalue weighted by molar-refractivity contribution is 5.53. The lowest BCUT2D eigenvalue weighted by atomic mass is 9.78. The fourth-order valence-electron chi connectivity index (χ4n) is 1.49. The van der Waals surface area contributed by atoms with Gasteiger partial charge in [-0.1, -0.05) is 41.0 Å². The minimum atomic E-state index is 0.203. The van der Waals surface area contributed by atoms with Gasteiger partial charge >= 0.3 is 0 Å². The number of hydrogen-bond donors (Lipinski definition) is 0. The Bertz CT molecular complexity index is 131. The molecule has 4 unspecified atom stereocenters. The van der Waals surface area contributed by atoms with E-state index in [1.807, 2.05) is 6.92 Å². The summed E-state index contributed by atoms with van der Waals surface area (Å²) in [6, 6.07) is 0. The van der Waals surface area contributed by atoms with Crippen LogP contribution < -0.4 is 0 Å². The lowest BCUT2D eigenvalue weighted by molar-refractivity contribution is -0.112. The first kappa shape index (κ1) is 11.7. The topological polar surface area (TPSA) is 17.1 Å². The first-order chi connectivity index (χ1) is 5.54. The number of hydrogen-bond acceptors (Lipinski definition) is 1. The molecule has 0 aromatic heterocycles. The monoisotopic (exact) mass is 170 g/mol. The molecule has 0 saturated carbocycles. The Kier molecular flexibility index (Phi) is 5.19. The van der Waals surface area contributed by atoms with E-state index in [1.54, 1.807) is 0 Å². The summed E-state index contributed by atoms with van der Waals surface area (Å²) in [6.45, 7) is 10.9. The van der Waals surface area contributed by atoms with Crippen LogP contribution in [0.3, 0.4) is 0 Å². The second-order valence-electron chi connectivity index (χ2n) is 4.10. The van der Waals surface area contributed by atoms with Crippen molar-refractivity contribution in [3.63, 3.8) is 0 Å². The van der Waals surface area contributed by atoms with Crippen molar-refractivity contribution < 1.29 is 4.79 Å². The molecule has 0 N–H and O–H groups in total. The molecule has 1 nitrogen and oxygen atoms in total. The first-order valence-corrected chi connectivity index (χ1v) is 4.99. The highest BCUT2D eigenvalue weighted by Crippen LogP contribution is 2.27. The first-order valence-electron chi connectivity index (χ1n) is 4.99. The Morgan fingerprint density at radius 2 is 1.58 bits per heavy atom. The third kappa shape index (κ3) is 2.96. The Labute approximate surface area is 76.6 Å². The molecule has 12 heavy (non-hydrogen) atoms. The van der Waals surface area contributed by atoms with Gasteiger partial charge in [-0.05, 0) is 17.8 Å². The number of aldehydes is 1. The number of carbonyl (C=O) groups is 1. The van der Waals surface area contributed by atoms with Gasteiger partial charge in [-0.2, -0.15) is 0 Å². The lowest BCUT2D eigenvalue weighted by Gasteiger charge is -2.27. The van der Waals surface area contributed by atoms with Gasteiger partial charge in [0.15, 0.2) is 0 Å². The SMILES string of the molecule is CCC(C)C(C)C(C)C(C)C=O. The molecule has 0 heterocycles. The minimum Gasteiger partial charge on any atom is -0.303 e. The third-order valence-electron chi connectivity index (χ3n) is 3.41. The molecule has 0 saturated heterocycles. The predicted molar refractivity (Wildman–Crippen MR) is 53.0 cm³/mol. The Morgan fingerprint density at radius 1 is 1.08 bits per heavy atom. The summed E-state index contributed by atoms with van der Waals surface area (Å²) in [6.07, 6.45) is 2.28. The van der Waals surface area contributed by atoms with Crippen LogP contribution in [0.15, 0.2) is 0 Å². The minimum absolute atomic E-state index is 0.203. The van der Waals surface area contributed by atoms with Crippen LogP contribution in [0.1, 0.15) is 41.0 Å². The van der Waals surface area contributed by atoms with E-state index in [0.717, 1.165) is 12.2 Å². The Balaban J connectivity index is 4.07. The van der Waals surface area contributed by atoms with Crippen molar-refractivity contribution in [2.45, 2.75) is 41.0 Å². The number of rotatable bonds is 5. The third-order valence-corrected chi connectivity index (χ3v) is 3.41. The van der Waals surface area contributed by atoms with Crippen molar-refractivity contribution in [1.29, 1.82) is 0 Å². The van der Waals surface area contributed by atoms with E-state index in [0.29, 0.717) is 11.8 Å². The van der Waals surface area contributed by atoms with Crippen LogP contribution in [0.2, 0.25) is 0 Å². The van der Waals surface area contributed by atoms with E-state index in [1.165, 1.54) is 6.42 Å². The van der Waals surface area contributed by atoms with Crippen molar-refractivity contribution >= 4 is 6.29 Å². The predicted octanol–water partition coefficient (Wildman–Crippen LogP) is 3.14. The maximum atomic E-state index is 10.6. The van der Waals surface area contributed by atoms with E-state index in [-0.39, 0.29) is 5.92 Å². The van der Waals surface area contributed by atoms with E-state index < -0.39 is 0 Å². The summed E-state index contributed by atoms with van der Waals surface area (Å²) < 4.78 is 0. The average molecular weight is 170 g/mol. The standard InChI is InChI=1S/C11H22O/c1-6-8(2)10(4)11(5)9(3)7-12/h7-11H,6H2,1-5H3. The van der Waals surface area contributed by atoms with Crippen molar-refractivity contribution in [2.24, 2.45) is 23.7 Å². The fraction of sp³-hybridized carbons (Fsp3) is 0.909. The summed E-state index contributed by atoms with van der Waals surface area (Å²) in [7, 11) is 0. The molecule has 1 heteroatoms. The molecule has 0 bridgehead atoms. The van der Waals surface area contributed by atoms with Gasteiger partial charge in [0.25, 0.3) is 0 Å². The van der Waals surface area contributed by atoms with Crippen LogP contribution in [0.4, 0.5) is 0 Å². The average Bonchev–Trinajstić information content (AvgIpc) is 2.12. The van der Waals surface area contributed by atoms with Gasteiger partial charge in [-0.25, -0.2) is 0 Å². The molecule has 0 aliphatic carbocycles. The highest BCUT2D eigenvalue weighted by Gasteiger charge is 2.22. The second kappa shape index (κ2) is 5.34. The van der Waals surface area contributed by atoms with Crippen LogP contribution in [0.25, 0.3) is 0 Å². The van der Waals surface area contributed by atoms with Crippen molar-refractivity contribution in [2.75, 3.05) is 0 Å². The molecule has 72 valence electrons. The van der Waals surface area contributed by atoms with Gasteiger partial charge in [0.2, 0.25) is 0 Å². The van der Waals surface area contributed by atoms with Crippen LogP contribution in [-0.2, 0) is 4.79 Å². The summed E-state index contributed by atoms with van der Waals surface area (Å²) in [5.74, 6) is 2.09.